The largest absolute Gasteiger partial charge is 0.495 e. The number of amides is 1. The van der Waals surface area contributed by atoms with Gasteiger partial charge in [-0.2, -0.15) is 0 Å². The van der Waals surface area contributed by atoms with Gasteiger partial charge >= 0.3 is 0 Å². The molecule has 1 aliphatic heterocycles. The third-order valence-electron chi connectivity index (χ3n) is 6.73. The van der Waals surface area contributed by atoms with Crippen LogP contribution in [0, 0.1) is 13.8 Å². The van der Waals surface area contributed by atoms with E-state index in [-0.39, 0.29) is 11.8 Å². The van der Waals surface area contributed by atoms with Gasteiger partial charge in [0, 0.05) is 23.9 Å². The van der Waals surface area contributed by atoms with Gasteiger partial charge in [-0.3, -0.25) is 4.79 Å². The maximum absolute atomic E-state index is 13.1. The number of ether oxygens (including phenoxy) is 2. The summed E-state index contributed by atoms with van der Waals surface area (Å²) in [6.45, 7) is 5.81. The second-order valence-electron chi connectivity index (χ2n) is 8.88. The molecule has 1 fully saturated rings. The van der Waals surface area contributed by atoms with Gasteiger partial charge in [0.1, 0.15) is 23.9 Å². The molecule has 0 spiro atoms. The summed E-state index contributed by atoms with van der Waals surface area (Å²) in [7, 11) is 1.60. The molecule has 5 rings (SSSR count). The van der Waals surface area contributed by atoms with Crippen molar-refractivity contribution in [2.75, 3.05) is 25.2 Å². The van der Waals surface area contributed by atoms with Crippen molar-refractivity contribution in [1.82, 2.24) is 9.55 Å². The summed E-state index contributed by atoms with van der Waals surface area (Å²) in [6, 6.07) is 19.5. The average Bonchev–Trinajstić information content (AvgIpc) is 3.42. The van der Waals surface area contributed by atoms with Crippen LogP contribution in [0.4, 0.5) is 5.69 Å². The second-order valence-corrected chi connectivity index (χ2v) is 9.31. The number of carbonyl (C=O) groups excluding carboxylic acids is 1. The number of para-hydroxylation sites is 2. The van der Waals surface area contributed by atoms with Gasteiger partial charge in [0.2, 0.25) is 5.91 Å². The first kappa shape index (κ1) is 23.2. The van der Waals surface area contributed by atoms with Crippen LogP contribution in [0.5, 0.6) is 11.5 Å². The van der Waals surface area contributed by atoms with Crippen LogP contribution in [-0.4, -0.2) is 35.7 Å². The fraction of sp³-hybridized carbons (Fsp3) is 0.286. The zero-order valence-electron chi connectivity index (χ0n) is 20.1. The molecule has 1 atom stereocenters. The lowest BCUT2D eigenvalue weighted by atomic mass is 10.1. The number of fused-ring (bicyclic) bond motifs is 1. The number of hydrogen-bond donors (Lipinski definition) is 0. The van der Waals surface area contributed by atoms with E-state index in [0.29, 0.717) is 42.6 Å². The fourth-order valence-electron chi connectivity index (χ4n) is 4.76. The number of carbonyl (C=O) groups is 1. The molecule has 180 valence electrons. The minimum atomic E-state index is -0.0562. The van der Waals surface area contributed by atoms with Crippen LogP contribution in [0.2, 0.25) is 5.02 Å². The molecule has 4 aromatic rings. The summed E-state index contributed by atoms with van der Waals surface area (Å²) in [4.78, 5) is 19.8. The molecule has 1 aliphatic rings. The Morgan fingerprint density at radius 1 is 1.06 bits per heavy atom. The molecule has 1 saturated heterocycles. The van der Waals surface area contributed by atoms with Crippen molar-refractivity contribution < 1.29 is 14.3 Å². The third kappa shape index (κ3) is 4.46. The van der Waals surface area contributed by atoms with E-state index >= 15 is 0 Å². The van der Waals surface area contributed by atoms with Crippen molar-refractivity contribution in [1.29, 1.82) is 0 Å². The van der Waals surface area contributed by atoms with Crippen LogP contribution < -0.4 is 14.4 Å². The normalized spacial score (nSPS) is 15.7. The average molecular weight is 490 g/mol. The Morgan fingerprint density at radius 2 is 1.89 bits per heavy atom. The van der Waals surface area contributed by atoms with Gasteiger partial charge in [0.15, 0.2) is 0 Å². The minimum absolute atomic E-state index is 0.0285. The molecule has 0 unspecified atom stereocenters. The molecule has 0 bridgehead atoms. The number of imidazole rings is 1. The van der Waals surface area contributed by atoms with E-state index in [1.807, 2.05) is 30.3 Å². The number of hydrogen-bond acceptors (Lipinski definition) is 4. The number of halogens is 1. The standard InChI is InChI=1S/C28H28ClN3O3/c1-18-7-6-10-25(19(18)2)35-14-13-31-23-9-5-4-8-22(23)30-28(31)20-15-27(33)32(17-20)24-16-21(29)11-12-26(24)34-3/h4-12,16,20H,13-15,17H2,1-3H3/t20-/m0/s1. The quantitative estimate of drug-likeness (QED) is 0.323. The predicted octanol–water partition coefficient (Wildman–Crippen LogP) is 5.91. The number of aromatic nitrogens is 2. The van der Waals surface area contributed by atoms with Crippen molar-refractivity contribution in [3.8, 4) is 11.5 Å². The van der Waals surface area contributed by atoms with E-state index < -0.39 is 0 Å². The van der Waals surface area contributed by atoms with E-state index in [9.17, 15) is 4.79 Å². The molecular weight excluding hydrogens is 462 g/mol. The zero-order valence-corrected chi connectivity index (χ0v) is 20.9. The van der Waals surface area contributed by atoms with Crippen molar-refractivity contribution in [2.45, 2.75) is 32.7 Å². The first-order chi connectivity index (χ1) is 17.0. The molecule has 6 nitrogen and oxygen atoms in total. The number of methoxy groups -OCH3 is 1. The summed E-state index contributed by atoms with van der Waals surface area (Å²) in [5.41, 5.74) is 5.00. The SMILES string of the molecule is COc1ccc(Cl)cc1N1C[C@@H](c2nc3ccccc3n2CCOc2cccc(C)c2C)CC1=O. The van der Waals surface area contributed by atoms with Crippen LogP contribution in [0.25, 0.3) is 11.0 Å². The van der Waals surface area contributed by atoms with Crippen molar-refractivity contribution in [3.05, 3.63) is 82.6 Å². The molecule has 0 N–H and O–H groups in total. The Balaban J connectivity index is 1.43. The van der Waals surface area contributed by atoms with Gasteiger partial charge in [-0.25, -0.2) is 4.98 Å². The molecule has 2 heterocycles. The maximum atomic E-state index is 13.1. The Labute approximate surface area is 210 Å². The Morgan fingerprint density at radius 3 is 2.71 bits per heavy atom. The summed E-state index contributed by atoms with van der Waals surface area (Å²) >= 11 is 6.24. The van der Waals surface area contributed by atoms with Crippen LogP contribution in [-0.2, 0) is 11.3 Å². The third-order valence-corrected chi connectivity index (χ3v) is 6.97. The van der Waals surface area contributed by atoms with Gasteiger partial charge in [-0.15, -0.1) is 0 Å². The lowest BCUT2D eigenvalue weighted by Crippen LogP contribution is -2.25. The first-order valence-electron chi connectivity index (χ1n) is 11.7. The van der Waals surface area contributed by atoms with E-state index in [0.717, 1.165) is 28.2 Å². The van der Waals surface area contributed by atoms with Crippen LogP contribution >= 0.6 is 11.6 Å². The highest BCUT2D eigenvalue weighted by atomic mass is 35.5. The van der Waals surface area contributed by atoms with Crippen molar-refractivity contribution in [2.24, 2.45) is 0 Å². The molecule has 35 heavy (non-hydrogen) atoms. The highest BCUT2D eigenvalue weighted by molar-refractivity contribution is 6.31. The summed E-state index contributed by atoms with van der Waals surface area (Å²) in [5, 5.41) is 0.563. The highest BCUT2D eigenvalue weighted by Crippen LogP contribution is 2.38. The second kappa shape index (κ2) is 9.62. The van der Waals surface area contributed by atoms with E-state index in [4.69, 9.17) is 26.1 Å². The maximum Gasteiger partial charge on any atom is 0.227 e. The summed E-state index contributed by atoms with van der Waals surface area (Å²) < 4.78 is 13.8. The van der Waals surface area contributed by atoms with Crippen LogP contribution in [0.3, 0.4) is 0 Å². The zero-order chi connectivity index (χ0) is 24.5. The Hall–Kier alpha value is -3.51. The minimum Gasteiger partial charge on any atom is -0.495 e. The Kier molecular flexibility index (Phi) is 6.39. The molecule has 0 aliphatic carbocycles. The van der Waals surface area contributed by atoms with Crippen LogP contribution in [0.15, 0.2) is 60.7 Å². The smallest absolute Gasteiger partial charge is 0.227 e. The number of benzene rings is 3. The van der Waals surface area contributed by atoms with Gasteiger partial charge in [0.25, 0.3) is 0 Å². The monoisotopic (exact) mass is 489 g/mol. The number of rotatable bonds is 7. The lowest BCUT2D eigenvalue weighted by molar-refractivity contribution is -0.117. The highest BCUT2D eigenvalue weighted by Gasteiger charge is 2.36. The summed E-state index contributed by atoms with van der Waals surface area (Å²) in [6.07, 6.45) is 0.372. The van der Waals surface area contributed by atoms with E-state index in [1.54, 1.807) is 30.2 Å². The van der Waals surface area contributed by atoms with Gasteiger partial charge in [-0.05, 0) is 61.4 Å². The van der Waals surface area contributed by atoms with Gasteiger partial charge in [0.05, 0.1) is 30.4 Å². The number of aryl methyl sites for hydroxylation is 1. The molecule has 1 aromatic heterocycles. The first-order valence-corrected chi connectivity index (χ1v) is 12.1. The van der Waals surface area contributed by atoms with Crippen molar-refractivity contribution in [3.63, 3.8) is 0 Å². The van der Waals surface area contributed by atoms with Crippen molar-refractivity contribution >= 4 is 34.2 Å². The van der Waals surface area contributed by atoms with Crippen LogP contribution in [0.1, 0.15) is 29.3 Å². The molecule has 0 radical (unpaired) electrons. The predicted molar refractivity (Wildman–Crippen MR) is 139 cm³/mol. The topological polar surface area (TPSA) is 56.6 Å². The molecule has 3 aromatic carbocycles. The molecule has 7 heteroatoms. The molecule has 0 saturated carbocycles. The van der Waals surface area contributed by atoms with Gasteiger partial charge in [-0.1, -0.05) is 35.9 Å². The number of nitrogens with zero attached hydrogens (tertiary/aromatic N) is 3. The van der Waals surface area contributed by atoms with Gasteiger partial charge < -0.3 is 18.9 Å². The van der Waals surface area contributed by atoms with E-state index in [1.165, 1.54) is 5.56 Å². The lowest BCUT2D eigenvalue weighted by Gasteiger charge is -2.20. The molecular formula is C28H28ClN3O3. The molecule has 1 amide bonds. The Bertz CT molecular complexity index is 1400. The van der Waals surface area contributed by atoms with E-state index in [2.05, 4.69) is 30.5 Å². The number of anilines is 1. The summed E-state index contributed by atoms with van der Waals surface area (Å²) in [5.74, 6) is 2.39. The fourth-order valence-corrected chi connectivity index (χ4v) is 4.92.